The maximum absolute atomic E-state index is 12.6. The van der Waals surface area contributed by atoms with Gasteiger partial charge < -0.3 is 15.0 Å². The molecule has 2 heterocycles. The number of nitrogens with zero attached hydrogens (tertiary/aromatic N) is 3. The highest BCUT2D eigenvalue weighted by Crippen LogP contribution is 2.21. The number of carbonyl (C=O) groups excluding carboxylic acids is 1. The maximum Gasteiger partial charge on any atom is 0.249 e. The fourth-order valence-corrected chi connectivity index (χ4v) is 2.68. The number of nitrogens with one attached hydrogen (secondary N) is 1. The van der Waals surface area contributed by atoms with Crippen molar-refractivity contribution in [3.05, 3.63) is 54.7 Å². The monoisotopic (exact) mass is 324 g/mol. The molecule has 0 radical (unpaired) electrons. The molecule has 0 aliphatic rings. The van der Waals surface area contributed by atoms with Crippen molar-refractivity contribution in [2.24, 2.45) is 0 Å². The number of aliphatic hydroxyl groups is 1. The van der Waals surface area contributed by atoms with Crippen LogP contribution in [0.1, 0.15) is 31.5 Å². The largest absolute Gasteiger partial charge is 0.394 e. The molecule has 3 aromatic rings. The fraction of sp³-hybridized carbons (Fsp3) is 0.278. The van der Waals surface area contributed by atoms with Crippen LogP contribution in [0.3, 0.4) is 0 Å². The van der Waals surface area contributed by atoms with E-state index >= 15 is 0 Å². The number of benzene rings is 1. The van der Waals surface area contributed by atoms with Gasteiger partial charge in [-0.15, -0.1) is 0 Å². The highest BCUT2D eigenvalue weighted by Gasteiger charge is 2.23. The summed E-state index contributed by atoms with van der Waals surface area (Å²) in [5, 5.41) is 13.5. The number of pyridine rings is 1. The van der Waals surface area contributed by atoms with Crippen molar-refractivity contribution in [2.75, 3.05) is 11.9 Å². The van der Waals surface area contributed by atoms with Gasteiger partial charge in [-0.2, -0.15) is 0 Å². The minimum Gasteiger partial charge on any atom is -0.394 e. The number of para-hydroxylation sites is 1. The lowest BCUT2D eigenvalue weighted by Gasteiger charge is -2.20. The summed E-state index contributed by atoms with van der Waals surface area (Å²) in [6.07, 6.45) is 4.92. The van der Waals surface area contributed by atoms with Crippen LogP contribution >= 0.6 is 0 Å². The molecule has 0 spiro atoms. The summed E-state index contributed by atoms with van der Waals surface area (Å²) in [7, 11) is 0. The van der Waals surface area contributed by atoms with E-state index < -0.39 is 6.04 Å². The van der Waals surface area contributed by atoms with Gasteiger partial charge in [-0.1, -0.05) is 32.0 Å². The second-order valence-electron chi connectivity index (χ2n) is 5.98. The number of fused-ring (bicyclic) bond motifs is 1. The Labute approximate surface area is 140 Å². The van der Waals surface area contributed by atoms with E-state index in [1.165, 1.54) is 0 Å². The zero-order chi connectivity index (χ0) is 17.1. The van der Waals surface area contributed by atoms with Gasteiger partial charge in [0, 0.05) is 17.3 Å². The van der Waals surface area contributed by atoms with Crippen molar-refractivity contribution in [3.63, 3.8) is 0 Å². The van der Waals surface area contributed by atoms with Crippen molar-refractivity contribution < 1.29 is 9.90 Å². The van der Waals surface area contributed by atoms with E-state index in [4.69, 9.17) is 0 Å². The first-order valence-electron chi connectivity index (χ1n) is 7.88. The smallest absolute Gasteiger partial charge is 0.249 e. The van der Waals surface area contributed by atoms with Gasteiger partial charge >= 0.3 is 0 Å². The van der Waals surface area contributed by atoms with Gasteiger partial charge in [0.05, 0.1) is 30.3 Å². The first-order chi connectivity index (χ1) is 11.6. The number of aromatic nitrogens is 3. The average molecular weight is 324 g/mol. The van der Waals surface area contributed by atoms with Gasteiger partial charge in [-0.05, 0) is 18.1 Å². The predicted octanol–water partition coefficient (Wildman–Crippen LogP) is 2.73. The lowest BCUT2D eigenvalue weighted by molar-refractivity contribution is -0.120. The van der Waals surface area contributed by atoms with Crippen LogP contribution in [-0.2, 0) is 4.79 Å². The third kappa shape index (κ3) is 3.14. The Morgan fingerprint density at radius 3 is 2.83 bits per heavy atom. The number of hydrogen-bond acceptors (Lipinski definition) is 4. The molecule has 0 saturated heterocycles. The molecule has 6 heteroatoms. The van der Waals surface area contributed by atoms with E-state index in [2.05, 4.69) is 15.3 Å². The van der Waals surface area contributed by atoms with Crippen LogP contribution in [-0.4, -0.2) is 32.2 Å². The molecule has 124 valence electrons. The number of aliphatic hydroxyl groups excluding tert-OH is 1. The van der Waals surface area contributed by atoms with E-state index in [9.17, 15) is 9.90 Å². The molecular formula is C18H20N4O2. The van der Waals surface area contributed by atoms with Gasteiger partial charge in [0.25, 0.3) is 0 Å². The lowest BCUT2D eigenvalue weighted by Crippen LogP contribution is -2.29. The molecule has 2 N–H and O–H groups in total. The minimum absolute atomic E-state index is 0.205. The van der Waals surface area contributed by atoms with E-state index in [0.717, 1.165) is 16.6 Å². The van der Waals surface area contributed by atoms with Crippen LogP contribution in [0, 0.1) is 0 Å². The van der Waals surface area contributed by atoms with Crippen LogP contribution in [0.15, 0.2) is 49.1 Å². The van der Waals surface area contributed by atoms with Crippen molar-refractivity contribution in [2.45, 2.75) is 25.8 Å². The quantitative estimate of drug-likeness (QED) is 0.756. The second kappa shape index (κ2) is 6.80. The highest BCUT2D eigenvalue weighted by molar-refractivity contribution is 5.95. The first-order valence-corrected chi connectivity index (χ1v) is 7.88. The van der Waals surface area contributed by atoms with Gasteiger partial charge in [-0.25, -0.2) is 4.98 Å². The molecule has 2 aromatic heterocycles. The SMILES string of the molecule is CC(C)c1cncn1C(CO)C(=O)Nc1cnc2ccccc2c1. The molecule has 3 rings (SSSR count). The highest BCUT2D eigenvalue weighted by atomic mass is 16.3. The van der Waals surface area contributed by atoms with Gasteiger partial charge in [0.15, 0.2) is 0 Å². The Morgan fingerprint density at radius 1 is 1.29 bits per heavy atom. The van der Waals surface area contributed by atoms with E-state index in [-0.39, 0.29) is 18.4 Å². The fourth-order valence-electron chi connectivity index (χ4n) is 2.68. The summed E-state index contributed by atoms with van der Waals surface area (Å²) in [5.74, 6) is -0.0915. The van der Waals surface area contributed by atoms with Crippen LogP contribution in [0.4, 0.5) is 5.69 Å². The third-order valence-corrected chi connectivity index (χ3v) is 3.96. The third-order valence-electron chi connectivity index (χ3n) is 3.96. The van der Waals surface area contributed by atoms with Gasteiger partial charge in [-0.3, -0.25) is 9.78 Å². The normalized spacial score (nSPS) is 12.5. The first kappa shape index (κ1) is 16.1. The van der Waals surface area contributed by atoms with E-state index in [1.807, 2.05) is 44.2 Å². The number of carbonyl (C=O) groups is 1. The summed E-state index contributed by atoms with van der Waals surface area (Å²) in [6, 6.07) is 8.84. The van der Waals surface area contributed by atoms with Crippen molar-refractivity contribution >= 4 is 22.5 Å². The second-order valence-corrected chi connectivity index (χ2v) is 5.98. The van der Waals surface area contributed by atoms with E-state index in [1.54, 1.807) is 23.3 Å². The van der Waals surface area contributed by atoms with Crippen LogP contribution in [0.2, 0.25) is 0 Å². The molecule has 0 saturated carbocycles. The van der Waals surface area contributed by atoms with Crippen LogP contribution < -0.4 is 5.32 Å². The van der Waals surface area contributed by atoms with Crippen molar-refractivity contribution in [3.8, 4) is 0 Å². The zero-order valence-electron chi connectivity index (χ0n) is 13.7. The minimum atomic E-state index is -0.726. The molecule has 1 amide bonds. The van der Waals surface area contributed by atoms with Crippen molar-refractivity contribution in [1.82, 2.24) is 14.5 Å². The summed E-state index contributed by atoms with van der Waals surface area (Å²) >= 11 is 0. The Morgan fingerprint density at radius 2 is 2.08 bits per heavy atom. The molecule has 0 aliphatic carbocycles. The molecular weight excluding hydrogens is 304 g/mol. The Hall–Kier alpha value is -2.73. The summed E-state index contributed by atoms with van der Waals surface area (Å²) in [6.45, 7) is 3.74. The summed E-state index contributed by atoms with van der Waals surface area (Å²) < 4.78 is 1.72. The van der Waals surface area contributed by atoms with Crippen molar-refractivity contribution in [1.29, 1.82) is 0 Å². The molecule has 6 nitrogen and oxygen atoms in total. The number of imidazole rings is 1. The van der Waals surface area contributed by atoms with Crippen LogP contribution in [0.25, 0.3) is 10.9 Å². The lowest BCUT2D eigenvalue weighted by atomic mass is 10.1. The molecule has 24 heavy (non-hydrogen) atoms. The molecule has 1 unspecified atom stereocenters. The van der Waals surface area contributed by atoms with Crippen LogP contribution in [0.5, 0.6) is 0 Å². The van der Waals surface area contributed by atoms with E-state index in [0.29, 0.717) is 5.69 Å². The molecule has 0 fully saturated rings. The Bertz CT molecular complexity index is 857. The van der Waals surface area contributed by atoms with Gasteiger partial charge in [0.1, 0.15) is 6.04 Å². The number of amides is 1. The topological polar surface area (TPSA) is 80.0 Å². The number of hydrogen-bond donors (Lipinski definition) is 2. The Kier molecular flexibility index (Phi) is 4.57. The predicted molar refractivity (Wildman–Crippen MR) is 92.8 cm³/mol. The molecule has 1 atom stereocenters. The number of rotatable bonds is 5. The van der Waals surface area contributed by atoms with Gasteiger partial charge in [0.2, 0.25) is 5.91 Å². The Balaban J connectivity index is 1.84. The molecule has 0 aliphatic heterocycles. The summed E-state index contributed by atoms with van der Waals surface area (Å²) in [5.41, 5.74) is 2.37. The number of anilines is 1. The maximum atomic E-state index is 12.6. The standard InChI is InChI=1S/C18H20N4O2/c1-12(2)16-9-19-11-22(16)17(10-23)18(24)21-14-7-13-5-3-4-6-15(13)20-8-14/h3-9,11-12,17,23H,10H2,1-2H3,(H,21,24). The zero-order valence-corrected chi connectivity index (χ0v) is 13.7. The summed E-state index contributed by atoms with van der Waals surface area (Å²) in [4.78, 5) is 21.0. The molecule has 1 aromatic carbocycles. The molecule has 0 bridgehead atoms. The average Bonchev–Trinajstić information content (AvgIpc) is 3.05.